The summed E-state index contributed by atoms with van der Waals surface area (Å²) in [5, 5.41) is 0. The number of methoxy groups -OCH3 is 2. The first-order valence-corrected chi connectivity index (χ1v) is 6.89. The van der Waals surface area contributed by atoms with Gasteiger partial charge >= 0.3 is 0 Å². The van der Waals surface area contributed by atoms with E-state index in [-0.39, 0.29) is 0 Å². The summed E-state index contributed by atoms with van der Waals surface area (Å²) in [5.41, 5.74) is 3.09. The molecule has 0 fully saturated rings. The van der Waals surface area contributed by atoms with Crippen molar-refractivity contribution in [2.24, 2.45) is 0 Å². The highest BCUT2D eigenvalue weighted by Crippen LogP contribution is 2.28. The molecule has 22 heavy (non-hydrogen) atoms. The molecule has 0 radical (unpaired) electrons. The van der Waals surface area contributed by atoms with E-state index in [9.17, 15) is 4.79 Å². The fraction of sp³-hybridized carbons (Fsp3) is 0.176. The van der Waals surface area contributed by atoms with Gasteiger partial charge in [-0.3, -0.25) is 9.20 Å². The normalized spacial score (nSPS) is 10.6. The Labute approximate surface area is 128 Å². The number of hydrogen-bond acceptors (Lipinski definition) is 4. The molecule has 0 saturated heterocycles. The largest absolute Gasteiger partial charge is 0.493 e. The Morgan fingerprint density at radius 2 is 1.95 bits per heavy atom. The molecule has 2 aromatic heterocycles. The minimum absolute atomic E-state index is 0.552. The van der Waals surface area contributed by atoms with Crippen molar-refractivity contribution in [3.05, 3.63) is 59.5 Å². The van der Waals surface area contributed by atoms with Gasteiger partial charge in [0, 0.05) is 12.6 Å². The third kappa shape index (κ3) is 2.41. The monoisotopic (exact) mass is 296 g/mol. The molecular formula is C17H16N2O3. The van der Waals surface area contributed by atoms with Gasteiger partial charge in [0.1, 0.15) is 11.3 Å². The molecule has 1 aromatic carbocycles. The first kappa shape index (κ1) is 14.1. The smallest absolute Gasteiger partial charge is 0.168 e. The molecule has 0 atom stereocenters. The van der Waals surface area contributed by atoms with Crippen molar-refractivity contribution in [1.29, 1.82) is 0 Å². The number of nitrogens with zero attached hydrogens (tertiary/aromatic N) is 2. The molecular weight excluding hydrogens is 280 g/mol. The lowest BCUT2D eigenvalue weighted by Gasteiger charge is -2.09. The summed E-state index contributed by atoms with van der Waals surface area (Å²) in [7, 11) is 3.20. The van der Waals surface area contributed by atoms with E-state index in [2.05, 4.69) is 4.98 Å². The molecule has 3 aromatic rings. The first-order valence-electron chi connectivity index (χ1n) is 6.89. The van der Waals surface area contributed by atoms with Crippen LogP contribution < -0.4 is 9.47 Å². The highest BCUT2D eigenvalue weighted by Gasteiger charge is 2.13. The average molecular weight is 296 g/mol. The van der Waals surface area contributed by atoms with Crippen molar-refractivity contribution < 1.29 is 14.3 Å². The SMILES string of the molecule is COc1ccc(Cc2nc3ccccn3c2C=O)cc1OC. The van der Waals surface area contributed by atoms with Crippen LogP contribution in [0.2, 0.25) is 0 Å². The van der Waals surface area contributed by atoms with E-state index in [1.807, 2.05) is 42.6 Å². The van der Waals surface area contributed by atoms with Crippen LogP contribution in [-0.4, -0.2) is 29.9 Å². The summed E-state index contributed by atoms with van der Waals surface area (Å²) in [6.45, 7) is 0. The molecule has 0 aliphatic rings. The van der Waals surface area contributed by atoms with Crippen molar-refractivity contribution in [2.75, 3.05) is 14.2 Å². The second-order valence-corrected chi connectivity index (χ2v) is 4.86. The van der Waals surface area contributed by atoms with Crippen molar-refractivity contribution in [2.45, 2.75) is 6.42 Å². The Balaban J connectivity index is 2.01. The third-order valence-corrected chi connectivity index (χ3v) is 3.57. The Morgan fingerprint density at radius 1 is 1.14 bits per heavy atom. The van der Waals surface area contributed by atoms with Crippen LogP contribution in [-0.2, 0) is 6.42 Å². The molecule has 0 bridgehead atoms. The Bertz CT molecular complexity index is 824. The molecule has 5 nitrogen and oxygen atoms in total. The number of ether oxygens (including phenoxy) is 2. The van der Waals surface area contributed by atoms with Crippen molar-refractivity contribution in [3.8, 4) is 11.5 Å². The maximum atomic E-state index is 11.4. The lowest BCUT2D eigenvalue weighted by Crippen LogP contribution is -1.97. The Hall–Kier alpha value is -2.82. The zero-order valence-corrected chi connectivity index (χ0v) is 12.4. The van der Waals surface area contributed by atoms with Gasteiger partial charge in [0.05, 0.1) is 19.9 Å². The molecule has 0 unspecified atom stereocenters. The van der Waals surface area contributed by atoms with Crippen LogP contribution in [0.5, 0.6) is 11.5 Å². The summed E-state index contributed by atoms with van der Waals surface area (Å²) in [6, 6.07) is 11.4. The van der Waals surface area contributed by atoms with Crippen LogP contribution in [0.1, 0.15) is 21.7 Å². The number of benzene rings is 1. The predicted octanol–water partition coefficient (Wildman–Crippen LogP) is 2.75. The van der Waals surface area contributed by atoms with Gasteiger partial charge in [-0.25, -0.2) is 4.98 Å². The van der Waals surface area contributed by atoms with E-state index in [0.29, 0.717) is 23.6 Å². The maximum absolute atomic E-state index is 11.4. The van der Waals surface area contributed by atoms with Gasteiger partial charge in [0.25, 0.3) is 0 Å². The van der Waals surface area contributed by atoms with Gasteiger partial charge in [-0.15, -0.1) is 0 Å². The number of fused-ring (bicyclic) bond motifs is 1. The highest BCUT2D eigenvalue weighted by atomic mass is 16.5. The Kier molecular flexibility index (Phi) is 3.78. The fourth-order valence-corrected chi connectivity index (χ4v) is 2.50. The summed E-state index contributed by atoms with van der Waals surface area (Å²) in [6.07, 6.45) is 3.23. The quantitative estimate of drug-likeness (QED) is 0.679. The Morgan fingerprint density at radius 3 is 2.68 bits per heavy atom. The average Bonchev–Trinajstić information content (AvgIpc) is 2.91. The molecule has 5 heteroatoms. The van der Waals surface area contributed by atoms with E-state index >= 15 is 0 Å². The number of aromatic nitrogens is 2. The minimum Gasteiger partial charge on any atom is -0.493 e. The molecule has 0 saturated carbocycles. The van der Waals surface area contributed by atoms with E-state index in [4.69, 9.17) is 9.47 Å². The summed E-state index contributed by atoms with van der Waals surface area (Å²) in [5.74, 6) is 1.34. The number of carbonyl (C=O) groups excluding carboxylic acids is 1. The number of imidazole rings is 1. The zero-order valence-electron chi connectivity index (χ0n) is 12.4. The van der Waals surface area contributed by atoms with Gasteiger partial charge in [-0.2, -0.15) is 0 Å². The van der Waals surface area contributed by atoms with E-state index in [1.165, 1.54) is 0 Å². The van der Waals surface area contributed by atoms with E-state index in [1.54, 1.807) is 18.6 Å². The number of carbonyl (C=O) groups is 1. The van der Waals surface area contributed by atoms with Crippen LogP contribution in [0.15, 0.2) is 42.6 Å². The molecule has 3 rings (SSSR count). The molecule has 0 amide bonds. The summed E-state index contributed by atoms with van der Waals surface area (Å²) < 4.78 is 12.3. The van der Waals surface area contributed by atoms with Crippen LogP contribution in [0.4, 0.5) is 0 Å². The molecule has 0 aliphatic heterocycles. The van der Waals surface area contributed by atoms with Crippen molar-refractivity contribution in [3.63, 3.8) is 0 Å². The number of aldehydes is 1. The topological polar surface area (TPSA) is 52.8 Å². The van der Waals surface area contributed by atoms with Crippen LogP contribution in [0.25, 0.3) is 5.65 Å². The number of hydrogen-bond donors (Lipinski definition) is 0. The van der Waals surface area contributed by atoms with E-state index in [0.717, 1.165) is 23.2 Å². The molecule has 0 spiro atoms. The number of pyridine rings is 1. The van der Waals surface area contributed by atoms with Crippen molar-refractivity contribution in [1.82, 2.24) is 9.38 Å². The van der Waals surface area contributed by atoms with Crippen LogP contribution in [0, 0.1) is 0 Å². The number of rotatable bonds is 5. The third-order valence-electron chi connectivity index (χ3n) is 3.57. The zero-order chi connectivity index (χ0) is 15.5. The minimum atomic E-state index is 0.552. The fourth-order valence-electron chi connectivity index (χ4n) is 2.50. The lowest BCUT2D eigenvalue weighted by atomic mass is 10.1. The van der Waals surface area contributed by atoms with Crippen LogP contribution in [0.3, 0.4) is 0 Å². The predicted molar refractivity (Wildman–Crippen MR) is 82.9 cm³/mol. The van der Waals surface area contributed by atoms with Crippen LogP contribution >= 0.6 is 0 Å². The molecule has 112 valence electrons. The summed E-state index contributed by atoms with van der Waals surface area (Å²) in [4.78, 5) is 15.9. The van der Waals surface area contributed by atoms with Gasteiger partial charge in [0.15, 0.2) is 17.8 Å². The standard InChI is InChI=1S/C17H16N2O3/c1-21-15-7-6-12(10-16(15)22-2)9-13-14(11-20)19-8-4-3-5-17(19)18-13/h3-8,10-11H,9H2,1-2H3. The van der Waals surface area contributed by atoms with Crippen molar-refractivity contribution >= 4 is 11.9 Å². The van der Waals surface area contributed by atoms with Gasteiger partial charge in [-0.05, 0) is 29.8 Å². The second-order valence-electron chi connectivity index (χ2n) is 4.86. The van der Waals surface area contributed by atoms with Gasteiger partial charge in [0.2, 0.25) is 0 Å². The van der Waals surface area contributed by atoms with E-state index < -0.39 is 0 Å². The second kappa shape index (κ2) is 5.89. The highest BCUT2D eigenvalue weighted by molar-refractivity contribution is 5.76. The first-order chi connectivity index (χ1) is 10.8. The lowest BCUT2D eigenvalue weighted by molar-refractivity contribution is 0.111. The molecule has 0 aliphatic carbocycles. The summed E-state index contributed by atoms with van der Waals surface area (Å²) >= 11 is 0. The van der Waals surface area contributed by atoms with Gasteiger partial charge in [-0.1, -0.05) is 12.1 Å². The molecule has 0 N–H and O–H groups in total. The molecule has 2 heterocycles. The maximum Gasteiger partial charge on any atom is 0.168 e. The van der Waals surface area contributed by atoms with Gasteiger partial charge < -0.3 is 9.47 Å².